The number of carbonyl (C=O) groups is 3. The molecule has 1 saturated carbocycles. The number of carbonyl (C=O) groups excluding carboxylic acids is 3. The number of oxazole rings is 1. The number of piperazine rings is 1. The predicted octanol–water partition coefficient (Wildman–Crippen LogP) is 4.04. The van der Waals surface area contributed by atoms with Gasteiger partial charge in [-0.2, -0.15) is 0 Å². The van der Waals surface area contributed by atoms with Crippen molar-refractivity contribution < 1.29 is 18.8 Å². The SMILES string of the molecule is CC(=O)N(C)CCCNC(=O)c1ccc(N2CCN(c3ccccc3C)CC2)c(NC(=O)c2coc(C3CC3)n2)c1. The molecule has 41 heavy (non-hydrogen) atoms. The normalized spacial score (nSPS) is 15.0. The summed E-state index contributed by atoms with van der Waals surface area (Å²) in [4.78, 5) is 48.2. The fraction of sp³-hybridized carbons (Fsp3) is 0.419. The minimum absolute atomic E-state index is 0.0107. The molecule has 10 heteroatoms. The first-order valence-corrected chi connectivity index (χ1v) is 14.3. The fourth-order valence-corrected chi connectivity index (χ4v) is 5.03. The van der Waals surface area contributed by atoms with Crippen LogP contribution < -0.4 is 20.4 Å². The molecule has 0 bridgehead atoms. The maximum atomic E-state index is 13.2. The molecule has 0 spiro atoms. The Hall–Kier alpha value is -4.34. The van der Waals surface area contributed by atoms with Crippen molar-refractivity contribution in [3.63, 3.8) is 0 Å². The quantitative estimate of drug-likeness (QED) is 0.362. The second-order valence-electron chi connectivity index (χ2n) is 10.8. The summed E-state index contributed by atoms with van der Waals surface area (Å²) in [6, 6.07) is 13.8. The van der Waals surface area contributed by atoms with Crippen LogP contribution in [0, 0.1) is 6.92 Å². The zero-order valence-corrected chi connectivity index (χ0v) is 24.0. The molecule has 0 radical (unpaired) electrons. The Labute approximate surface area is 240 Å². The van der Waals surface area contributed by atoms with Gasteiger partial charge >= 0.3 is 0 Å². The van der Waals surface area contributed by atoms with Crippen LogP contribution >= 0.6 is 0 Å². The summed E-state index contributed by atoms with van der Waals surface area (Å²) in [5, 5.41) is 5.92. The number of hydrogen-bond acceptors (Lipinski definition) is 7. The Morgan fingerprint density at radius 3 is 2.39 bits per heavy atom. The summed E-state index contributed by atoms with van der Waals surface area (Å²) in [6.45, 7) is 7.84. The van der Waals surface area contributed by atoms with Crippen LogP contribution in [-0.4, -0.2) is 73.9 Å². The van der Waals surface area contributed by atoms with Gasteiger partial charge in [0.2, 0.25) is 5.91 Å². The molecule has 0 unspecified atom stereocenters. The largest absolute Gasteiger partial charge is 0.448 e. The van der Waals surface area contributed by atoms with E-state index in [-0.39, 0.29) is 23.4 Å². The topological polar surface area (TPSA) is 111 Å². The number of aromatic nitrogens is 1. The highest BCUT2D eigenvalue weighted by Gasteiger charge is 2.30. The van der Waals surface area contributed by atoms with Crippen LogP contribution in [0.5, 0.6) is 0 Å². The minimum atomic E-state index is -0.370. The third-order valence-electron chi connectivity index (χ3n) is 7.76. The van der Waals surface area contributed by atoms with Gasteiger partial charge in [0.05, 0.1) is 11.4 Å². The number of para-hydroxylation sites is 1. The average molecular weight is 559 g/mol. The highest BCUT2D eigenvalue weighted by Crippen LogP contribution is 2.39. The van der Waals surface area contributed by atoms with E-state index in [4.69, 9.17) is 4.42 Å². The Bertz CT molecular complexity index is 1410. The van der Waals surface area contributed by atoms with Crippen molar-refractivity contribution in [1.29, 1.82) is 0 Å². The van der Waals surface area contributed by atoms with Crippen LogP contribution in [0.2, 0.25) is 0 Å². The van der Waals surface area contributed by atoms with Crippen LogP contribution in [0.1, 0.15) is 64.4 Å². The molecule has 1 saturated heterocycles. The molecule has 1 aliphatic heterocycles. The van der Waals surface area contributed by atoms with E-state index in [9.17, 15) is 14.4 Å². The minimum Gasteiger partial charge on any atom is -0.448 e. The average Bonchev–Trinajstić information content (AvgIpc) is 3.71. The summed E-state index contributed by atoms with van der Waals surface area (Å²) < 4.78 is 5.53. The van der Waals surface area contributed by atoms with Crippen molar-refractivity contribution in [2.45, 2.75) is 39.0 Å². The van der Waals surface area contributed by atoms with E-state index in [1.807, 2.05) is 6.07 Å². The van der Waals surface area contributed by atoms with Gasteiger partial charge in [-0.05, 0) is 56.0 Å². The number of nitrogens with one attached hydrogen (secondary N) is 2. The summed E-state index contributed by atoms with van der Waals surface area (Å²) in [5.74, 6) is 0.290. The molecular weight excluding hydrogens is 520 g/mol. The number of amides is 3. The number of nitrogens with zero attached hydrogens (tertiary/aromatic N) is 4. The lowest BCUT2D eigenvalue weighted by molar-refractivity contribution is -0.127. The number of hydrogen-bond donors (Lipinski definition) is 2. The molecule has 216 valence electrons. The van der Waals surface area contributed by atoms with Crippen molar-refractivity contribution in [2.24, 2.45) is 0 Å². The van der Waals surface area contributed by atoms with Gasteiger partial charge in [-0.3, -0.25) is 14.4 Å². The maximum Gasteiger partial charge on any atom is 0.277 e. The van der Waals surface area contributed by atoms with E-state index >= 15 is 0 Å². The summed E-state index contributed by atoms with van der Waals surface area (Å²) in [5.41, 5.74) is 4.57. The van der Waals surface area contributed by atoms with Crippen molar-refractivity contribution in [1.82, 2.24) is 15.2 Å². The lowest BCUT2D eigenvalue weighted by Crippen LogP contribution is -2.47. The van der Waals surface area contributed by atoms with E-state index in [2.05, 4.69) is 56.6 Å². The van der Waals surface area contributed by atoms with Gasteiger partial charge in [0, 0.05) is 70.4 Å². The van der Waals surface area contributed by atoms with Crippen LogP contribution in [-0.2, 0) is 4.79 Å². The van der Waals surface area contributed by atoms with Gasteiger partial charge in [-0.15, -0.1) is 0 Å². The standard InChI is InChI=1S/C31H38N6O4/c1-21-7-4-5-8-27(21)36-15-17-37(18-16-36)28-12-11-24(29(39)32-13-6-14-35(3)22(2)38)19-25(28)33-30(40)26-20-41-31(34-26)23-9-10-23/h4-5,7-8,11-12,19-20,23H,6,9-10,13-18H2,1-3H3,(H,32,39)(H,33,40). The Kier molecular flexibility index (Phi) is 8.56. The summed E-state index contributed by atoms with van der Waals surface area (Å²) in [7, 11) is 1.74. The molecule has 2 N–H and O–H groups in total. The van der Waals surface area contributed by atoms with E-state index in [0.717, 1.165) is 44.7 Å². The van der Waals surface area contributed by atoms with Gasteiger partial charge in [0.25, 0.3) is 11.8 Å². The zero-order valence-electron chi connectivity index (χ0n) is 24.0. The Balaban J connectivity index is 1.30. The highest BCUT2D eigenvalue weighted by molar-refractivity contribution is 6.06. The first-order chi connectivity index (χ1) is 19.8. The molecule has 0 atom stereocenters. The number of aryl methyl sites for hydroxylation is 1. The Morgan fingerprint density at radius 1 is 1.00 bits per heavy atom. The number of rotatable bonds is 10. The second kappa shape index (κ2) is 12.4. The maximum absolute atomic E-state index is 13.2. The molecule has 2 aromatic carbocycles. The van der Waals surface area contributed by atoms with E-state index in [1.54, 1.807) is 24.1 Å². The Morgan fingerprint density at radius 2 is 1.71 bits per heavy atom. The molecule has 1 aliphatic carbocycles. The molecule has 10 nitrogen and oxygen atoms in total. The van der Waals surface area contributed by atoms with Gasteiger partial charge in [0.15, 0.2) is 11.6 Å². The lowest BCUT2D eigenvalue weighted by atomic mass is 10.1. The molecule has 2 fully saturated rings. The van der Waals surface area contributed by atoms with E-state index in [0.29, 0.717) is 42.6 Å². The number of benzene rings is 2. The van der Waals surface area contributed by atoms with Crippen LogP contribution in [0.25, 0.3) is 0 Å². The van der Waals surface area contributed by atoms with Crippen LogP contribution in [0.4, 0.5) is 17.1 Å². The summed E-state index contributed by atoms with van der Waals surface area (Å²) >= 11 is 0. The first kappa shape index (κ1) is 28.2. The van der Waals surface area contributed by atoms with E-state index in [1.165, 1.54) is 24.4 Å². The molecule has 5 rings (SSSR count). The van der Waals surface area contributed by atoms with Crippen molar-refractivity contribution >= 4 is 34.8 Å². The molecule has 3 aromatic rings. The fourth-order valence-electron chi connectivity index (χ4n) is 5.03. The molecule has 2 heterocycles. The first-order valence-electron chi connectivity index (χ1n) is 14.3. The highest BCUT2D eigenvalue weighted by atomic mass is 16.3. The van der Waals surface area contributed by atoms with Crippen molar-refractivity contribution in [2.75, 3.05) is 61.4 Å². The monoisotopic (exact) mass is 558 g/mol. The van der Waals surface area contributed by atoms with Crippen LogP contribution in [0.15, 0.2) is 53.1 Å². The predicted molar refractivity (Wildman–Crippen MR) is 159 cm³/mol. The smallest absolute Gasteiger partial charge is 0.277 e. The van der Waals surface area contributed by atoms with Gasteiger partial charge < -0.3 is 29.8 Å². The number of anilines is 3. The van der Waals surface area contributed by atoms with Crippen molar-refractivity contribution in [3.8, 4) is 0 Å². The summed E-state index contributed by atoms with van der Waals surface area (Å²) in [6.07, 6.45) is 4.10. The van der Waals surface area contributed by atoms with Crippen LogP contribution in [0.3, 0.4) is 0 Å². The van der Waals surface area contributed by atoms with Gasteiger partial charge in [0.1, 0.15) is 6.26 Å². The van der Waals surface area contributed by atoms with Gasteiger partial charge in [-0.25, -0.2) is 4.98 Å². The zero-order chi connectivity index (χ0) is 28.9. The van der Waals surface area contributed by atoms with Crippen molar-refractivity contribution in [3.05, 3.63) is 71.4 Å². The molecule has 1 aromatic heterocycles. The third kappa shape index (κ3) is 6.87. The third-order valence-corrected chi connectivity index (χ3v) is 7.76. The molecular formula is C31H38N6O4. The van der Waals surface area contributed by atoms with E-state index < -0.39 is 0 Å². The van der Waals surface area contributed by atoms with Gasteiger partial charge in [-0.1, -0.05) is 18.2 Å². The lowest BCUT2D eigenvalue weighted by Gasteiger charge is -2.38. The molecule has 2 aliphatic rings. The molecule has 3 amide bonds. The second-order valence-corrected chi connectivity index (χ2v) is 10.8.